The van der Waals surface area contributed by atoms with Gasteiger partial charge in [0.25, 0.3) is 9.70 Å². The number of halogens is 3. The molecule has 10 heteroatoms. The molecule has 0 aromatic heterocycles. The van der Waals surface area contributed by atoms with Gasteiger partial charge in [-0.1, -0.05) is 34.8 Å². The van der Waals surface area contributed by atoms with E-state index in [0.29, 0.717) is 5.69 Å². The molecule has 0 aliphatic heterocycles. The van der Waals surface area contributed by atoms with E-state index in [1.807, 2.05) is 0 Å². The van der Waals surface area contributed by atoms with Crippen molar-refractivity contribution in [3.63, 3.8) is 0 Å². The van der Waals surface area contributed by atoms with Gasteiger partial charge in [0, 0.05) is 18.3 Å². The van der Waals surface area contributed by atoms with E-state index in [1.54, 1.807) is 0 Å². The molecule has 0 heterocycles. The van der Waals surface area contributed by atoms with Gasteiger partial charge < -0.3 is 10.6 Å². The van der Waals surface area contributed by atoms with Crippen LogP contribution in [0.1, 0.15) is 6.92 Å². The van der Waals surface area contributed by atoms with Gasteiger partial charge in [0.15, 0.2) is 0 Å². The highest BCUT2D eigenvalue weighted by Crippen LogP contribution is 2.28. The average molecular weight is 436 g/mol. The molecule has 2 N–H and O–H groups in total. The van der Waals surface area contributed by atoms with E-state index in [2.05, 4.69) is 10.6 Å². The first kappa shape index (κ1) is 20.5. The van der Waals surface area contributed by atoms with E-state index in [4.69, 9.17) is 34.8 Å². The number of amides is 2. The molecule has 0 saturated heterocycles. The lowest BCUT2D eigenvalue weighted by Gasteiger charge is -2.12. The minimum absolute atomic E-state index is 0.0247. The first-order valence-corrected chi connectivity index (χ1v) is 9.73. The van der Waals surface area contributed by atoms with Crippen LogP contribution in [0.4, 0.5) is 11.4 Å². The Bertz CT molecular complexity index is 921. The van der Waals surface area contributed by atoms with Crippen molar-refractivity contribution in [3.05, 3.63) is 48.5 Å². The fourth-order valence-corrected chi connectivity index (χ4v) is 3.38. The second-order valence-corrected chi connectivity index (χ2v) is 9.42. The zero-order valence-electron chi connectivity index (χ0n) is 13.3. The molecule has 2 aromatic rings. The number of rotatable bonds is 4. The van der Waals surface area contributed by atoms with E-state index in [-0.39, 0.29) is 21.4 Å². The van der Waals surface area contributed by atoms with Gasteiger partial charge in [-0.05, 0) is 48.5 Å². The summed E-state index contributed by atoms with van der Waals surface area (Å²) in [5.41, 5.74) is 0.766. The van der Waals surface area contributed by atoms with E-state index >= 15 is 0 Å². The molecular weight excluding hydrogens is 423 g/mol. The number of hydrogen-bond donors (Lipinski definition) is 2. The van der Waals surface area contributed by atoms with Crippen LogP contribution in [0.25, 0.3) is 0 Å². The Balaban J connectivity index is 2.21. The third-order valence-corrected chi connectivity index (χ3v) is 5.47. The van der Waals surface area contributed by atoms with Crippen LogP contribution in [0.15, 0.2) is 58.3 Å². The molecule has 2 amide bonds. The Labute approximate surface area is 165 Å². The molecule has 2 rings (SSSR count). The van der Waals surface area contributed by atoms with Crippen LogP contribution in [-0.2, 0) is 19.4 Å². The van der Waals surface area contributed by atoms with E-state index in [9.17, 15) is 18.0 Å². The van der Waals surface area contributed by atoms with Crippen molar-refractivity contribution >= 4 is 67.8 Å². The summed E-state index contributed by atoms with van der Waals surface area (Å²) in [5.74, 6) is -1.11. The maximum Gasteiger partial charge on any atom is 0.276 e. The van der Waals surface area contributed by atoms with Crippen molar-refractivity contribution < 1.29 is 18.0 Å². The number of nitrogens with one attached hydrogen (secondary N) is 2. The summed E-state index contributed by atoms with van der Waals surface area (Å²) in [5, 5.41) is 4.91. The molecule has 6 nitrogen and oxygen atoms in total. The standard InChI is InChI=1S/C16H13Cl3N2O4S/c1-10(22)20-11-2-6-13(7-3-11)26(24,25)14-8-4-12(5-9-14)21-15(23)16(17,18)19/h2-9H,1H3,(H,20,22)(H,21,23). The van der Waals surface area contributed by atoms with Gasteiger partial charge in [-0.25, -0.2) is 8.42 Å². The number of hydrogen-bond acceptors (Lipinski definition) is 4. The molecule has 2 aromatic carbocycles. The molecule has 0 spiro atoms. The third-order valence-electron chi connectivity index (χ3n) is 3.16. The van der Waals surface area contributed by atoms with Crippen molar-refractivity contribution in [2.45, 2.75) is 20.5 Å². The van der Waals surface area contributed by atoms with Crippen LogP contribution in [0, 0.1) is 0 Å². The number of anilines is 2. The van der Waals surface area contributed by atoms with Gasteiger partial charge in [0.2, 0.25) is 15.7 Å². The van der Waals surface area contributed by atoms with Crippen LogP contribution in [-0.4, -0.2) is 24.0 Å². The second-order valence-electron chi connectivity index (χ2n) is 5.19. The van der Waals surface area contributed by atoms with Crippen molar-refractivity contribution in [3.8, 4) is 0 Å². The summed E-state index contributed by atoms with van der Waals surface area (Å²) in [7, 11) is -3.76. The van der Waals surface area contributed by atoms with Gasteiger partial charge in [0.1, 0.15) is 0 Å². The summed E-state index contributed by atoms with van der Waals surface area (Å²) < 4.78 is 23.1. The fourth-order valence-electron chi connectivity index (χ4n) is 1.98. The van der Waals surface area contributed by atoms with Gasteiger partial charge >= 0.3 is 0 Å². The smallest absolute Gasteiger partial charge is 0.276 e. The van der Waals surface area contributed by atoms with Gasteiger partial charge in [-0.2, -0.15) is 0 Å². The zero-order chi connectivity index (χ0) is 19.5. The lowest BCUT2D eigenvalue weighted by molar-refractivity contribution is -0.115. The molecule has 0 unspecified atom stereocenters. The lowest BCUT2D eigenvalue weighted by Crippen LogP contribution is -2.26. The lowest BCUT2D eigenvalue weighted by atomic mass is 10.3. The van der Waals surface area contributed by atoms with Gasteiger partial charge in [-0.15, -0.1) is 0 Å². The van der Waals surface area contributed by atoms with E-state index < -0.39 is 19.5 Å². The number of alkyl halides is 3. The van der Waals surface area contributed by atoms with Crippen LogP contribution in [0.3, 0.4) is 0 Å². The van der Waals surface area contributed by atoms with Crippen LogP contribution in [0.5, 0.6) is 0 Å². The molecule has 26 heavy (non-hydrogen) atoms. The van der Waals surface area contributed by atoms with Crippen molar-refractivity contribution in [1.29, 1.82) is 0 Å². The highest BCUT2D eigenvalue weighted by Gasteiger charge is 2.30. The molecule has 138 valence electrons. The SMILES string of the molecule is CC(=O)Nc1ccc(S(=O)(=O)c2ccc(NC(=O)C(Cl)(Cl)Cl)cc2)cc1. The average Bonchev–Trinajstić information content (AvgIpc) is 2.54. The van der Waals surface area contributed by atoms with Crippen LogP contribution in [0.2, 0.25) is 0 Å². The monoisotopic (exact) mass is 434 g/mol. The predicted molar refractivity (Wildman–Crippen MR) is 102 cm³/mol. The Morgan fingerprint density at radius 2 is 1.19 bits per heavy atom. The minimum Gasteiger partial charge on any atom is -0.326 e. The second kappa shape index (κ2) is 7.84. The first-order valence-electron chi connectivity index (χ1n) is 7.11. The number of carbonyl (C=O) groups excluding carboxylic acids is 2. The van der Waals surface area contributed by atoms with Crippen molar-refractivity contribution in [2.75, 3.05) is 10.6 Å². The molecule has 0 aliphatic rings. The molecular formula is C16H13Cl3N2O4S. The summed E-state index contributed by atoms with van der Waals surface area (Å²) in [6, 6.07) is 11.2. The highest BCUT2D eigenvalue weighted by molar-refractivity contribution is 7.91. The van der Waals surface area contributed by atoms with Gasteiger partial charge in [-0.3, -0.25) is 9.59 Å². The summed E-state index contributed by atoms with van der Waals surface area (Å²) >= 11 is 16.4. The third kappa shape index (κ3) is 5.11. The van der Waals surface area contributed by atoms with Crippen molar-refractivity contribution in [1.82, 2.24) is 0 Å². The number of benzene rings is 2. The predicted octanol–water partition coefficient (Wildman–Crippen LogP) is 3.79. The first-order chi connectivity index (χ1) is 12.0. The Hall–Kier alpha value is -1.80. The van der Waals surface area contributed by atoms with E-state index in [0.717, 1.165) is 0 Å². The summed E-state index contributed by atoms with van der Waals surface area (Å²) in [4.78, 5) is 22.7. The normalized spacial score (nSPS) is 11.7. The fraction of sp³-hybridized carbons (Fsp3) is 0.125. The highest BCUT2D eigenvalue weighted by atomic mass is 35.6. The maximum atomic E-state index is 12.6. The maximum absolute atomic E-state index is 12.6. The topological polar surface area (TPSA) is 92.3 Å². The molecule has 0 aliphatic carbocycles. The molecule has 0 fully saturated rings. The Morgan fingerprint density at radius 1 is 0.808 bits per heavy atom. The number of carbonyl (C=O) groups is 2. The quantitative estimate of drug-likeness (QED) is 0.715. The zero-order valence-corrected chi connectivity index (χ0v) is 16.4. The largest absolute Gasteiger partial charge is 0.326 e. The van der Waals surface area contributed by atoms with Crippen LogP contribution >= 0.6 is 34.8 Å². The molecule has 0 saturated carbocycles. The molecule has 0 atom stereocenters. The number of sulfone groups is 1. The summed E-state index contributed by atoms with van der Waals surface area (Å²) in [6.07, 6.45) is 0. The Kier molecular flexibility index (Phi) is 6.18. The van der Waals surface area contributed by atoms with Crippen molar-refractivity contribution in [2.24, 2.45) is 0 Å². The van der Waals surface area contributed by atoms with Crippen LogP contribution < -0.4 is 10.6 Å². The summed E-state index contributed by atoms with van der Waals surface area (Å²) in [6.45, 7) is 1.35. The van der Waals surface area contributed by atoms with E-state index in [1.165, 1.54) is 55.5 Å². The van der Waals surface area contributed by atoms with Gasteiger partial charge in [0.05, 0.1) is 9.79 Å². The Morgan fingerprint density at radius 3 is 1.54 bits per heavy atom. The minimum atomic E-state index is -3.76. The molecule has 0 radical (unpaired) electrons. The molecule has 0 bridgehead atoms.